The van der Waals surface area contributed by atoms with E-state index in [0.717, 1.165) is 21.3 Å². The number of aliphatic hydroxyl groups is 1. The van der Waals surface area contributed by atoms with Gasteiger partial charge in [-0.3, -0.25) is 0 Å². The van der Waals surface area contributed by atoms with Gasteiger partial charge in [0, 0.05) is 10.9 Å². The van der Waals surface area contributed by atoms with Gasteiger partial charge in [0.05, 0.1) is 24.8 Å². The van der Waals surface area contributed by atoms with Crippen molar-refractivity contribution in [2.75, 3.05) is 7.11 Å². The van der Waals surface area contributed by atoms with Crippen LogP contribution in [0.4, 0.5) is 0 Å². The van der Waals surface area contributed by atoms with E-state index in [0.29, 0.717) is 12.0 Å². The zero-order valence-electron chi connectivity index (χ0n) is 11.0. The molecule has 0 aliphatic rings. The molecular formula is C16H14BrNO2. The molecule has 1 unspecified atom stereocenters. The average Bonchev–Trinajstić information content (AvgIpc) is 2.47. The monoisotopic (exact) mass is 331 g/mol. The molecule has 1 N–H and O–H groups in total. The zero-order valence-corrected chi connectivity index (χ0v) is 12.6. The molecule has 0 amide bonds. The molecule has 0 aliphatic heterocycles. The second kappa shape index (κ2) is 6.56. The molecule has 20 heavy (non-hydrogen) atoms. The van der Waals surface area contributed by atoms with Crippen molar-refractivity contribution in [1.82, 2.24) is 0 Å². The lowest BCUT2D eigenvalue weighted by molar-refractivity contribution is 0.177. The van der Waals surface area contributed by atoms with Gasteiger partial charge in [-0.2, -0.15) is 5.26 Å². The molecule has 0 fully saturated rings. The molecule has 2 aromatic carbocycles. The average molecular weight is 332 g/mol. The van der Waals surface area contributed by atoms with E-state index >= 15 is 0 Å². The van der Waals surface area contributed by atoms with Crippen molar-refractivity contribution in [3.05, 3.63) is 63.6 Å². The van der Waals surface area contributed by atoms with Gasteiger partial charge >= 0.3 is 0 Å². The van der Waals surface area contributed by atoms with E-state index in [4.69, 9.17) is 10.00 Å². The first-order valence-electron chi connectivity index (χ1n) is 6.14. The van der Waals surface area contributed by atoms with E-state index in [1.807, 2.05) is 18.2 Å². The summed E-state index contributed by atoms with van der Waals surface area (Å²) in [4.78, 5) is 0. The number of nitriles is 1. The van der Waals surface area contributed by atoms with Crippen LogP contribution in [0.3, 0.4) is 0 Å². The Labute approximate surface area is 126 Å². The molecule has 2 aromatic rings. The predicted molar refractivity (Wildman–Crippen MR) is 80.5 cm³/mol. The van der Waals surface area contributed by atoms with E-state index in [1.165, 1.54) is 0 Å². The molecule has 0 radical (unpaired) electrons. The third kappa shape index (κ3) is 3.38. The van der Waals surface area contributed by atoms with E-state index in [9.17, 15) is 5.11 Å². The largest absolute Gasteiger partial charge is 0.496 e. The first-order valence-corrected chi connectivity index (χ1v) is 6.94. The van der Waals surface area contributed by atoms with E-state index in [1.54, 1.807) is 31.4 Å². The number of nitrogens with zero attached hydrogens (tertiary/aromatic N) is 1. The molecule has 0 heterocycles. The Balaban J connectivity index is 2.20. The van der Waals surface area contributed by atoms with Crippen LogP contribution in [0.5, 0.6) is 5.75 Å². The molecule has 0 bridgehead atoms. The molecule has 0 aliphatic carbocycles. The fourth-order valence-electron chi connectivity index (χ4n) is 2.01. The van der Waals surface area contributed by atoms with Crippen molar-refractivity contribution >= 4 is 15.9 Å². The zero-order chi connectivity index (χ0) is 14.5. The van der Waals surface area contributed by atoms with E-state index in [-0.39, 0.29) is 0 Å². The molecule has 0 spiro atoms. The van der Waals surface area contributed by atoms with Gasteiger partial charge in [0.15, 0.2) is 0 Å². The number of halogens is 1. The summed E-state index contributed by atoms with van der Waals surface area (Å²) in [5.41, 5.74) is 2.30. The molecule has 0 aromatic heterocycles. The molecule has 1 atom stereocenters. The van der Waals surface area contributed by atoms with Crippen molar-refractivity contribution in [2.24, 2.45) is 0 Å². The number of methoxy groups -OCH3 is 1. The fraction of sp³-hybridized carbons (Fsp3) is 0.188. The predicted octanol–water partition coefficient (Wildman–Crippen LogP) is 3.61. The minimum absolute atomic E-state index is 0.453. The van der Waals surface area contributed by atoms with Crippen LogP contribution in [-0.2, 0) is 6.42 Å². The third-order valence-electron chi connectivity index (χ3n) is 3.08. The lowest BCUT2D eigenvalue weighted by Crippen LogP contribution is -2.03. The summed E-state index contributed by atoms with van der Waals surface area (Å²) < 4.78 is 6.24. The van der Waals surface area contributed by atoms with Gasteiger partial charge in [0.25, 0.3) is 0 Å². The Bertz CT molecular complexity index is 632. The highest BCUT2D eigenvalue weighted by Crippen LogP contribution is 2.28. The highest BCUT2D eigenvalue weighted by atomic mass is 79.9. The van der Waals surface area contributed by atoms with Gasteiger partial charge < -0.3 is 9.84 Å². The van der Waals surface area contributed by atoms with Crippen molar-refractivity contribution in [1.29, 1.82) is 5.26 Å². The molecule has 2 rings (SSSR count). The SMILES string of the molecule is COc1ccc(Br)cc1CC(O)c1ccc(C#N)cc1. The van der Waals surface area contributed by atoms with Gasteiger partial charge in [0.1, 0.15) is 5.75 Å². The van der Waals surface area contributed by atoms with Crippen LogP contribution >= 0.6 is 15.9 Å². The lowest BCUT2D eigenvalue weighted by atomic mass is 10.00. The summed E-state index contributed by atoms with van der Waals surface area (Å²) in [7, 11) is 1.61. The topological polar surface area (TPSA) is 53.2 Å². The summed E-state index contributed by atoms with van der Waals surface area (Å²) >= 11 is 3.42. The summed E-state index contributed by atoms with van der Waals surface area (Å²) in [6.45, 7) is 0. The van der Waals surface area contributed by atoms with Gasteiger partial charge in [0.2, 0.25) is 0 Å². The summed E-state index contributed by atoms with van der Waals surface area (Å²) in [6, 6.07) is 14.7. The third-order valence-corrected chi connectivity index (χ3v) is 3.57. The molecule has 102 valence electrons. The van der Waals surface area contributed by atoms with Crippen LogP contribution < -0.4 is 4.74 Å². The van der Waals surface area contributed by atoms with Crippen LogP contribution in [0.1, 0.15) is 22.8 Å². The van der Waals surface area contributed by atoms with Crippen molar-refractivity contribution < 1.29 is 9.84 Å². The number of rotatable bonds is 4. The molecule has 4 heteroatoms. The summed E-state index contributed by atoms with van der Waals surface area (Å²) in [5.74, 6) is 0.751. The standard InChI is InChI=1S/C16H14BrNO2/c1-20-16-7-6-14(17)8-13(16)9-15(19)12-4-2-11(10-18)3-5-12/h2-8,15,19H,9H2,1H3. The van der Waals surface area contributed by atoms with Crippen molar-refractivity contribution in [3.63, 3.8) is 0 Å². The molecular weight excluding hydrogens is 318 g/mol. The minimum Gasteiger partial charge on any atom is -0.496 e. The van der Waals surface area contributed by atoms with Crippen LogP contribution in [0.2, 0.25) is 0 Å². The smallest absolute Gasteiger partial charge is 0.122 e. The number of benzene rings is 2. The maximum atomic E-state index is 10.3. The van der Waals surface area contributed by atoms with Crippen LogP contribution in [-0.4, -0.2) is 12.2 Å². The van der Waals surface area contributed by atoms with Gasteiger partial charge in [-0.1, -0.05) is 28.1 Å². The van der Waals surface area contributed by atoms with Gasteiger partial charge in [-0.05, 0) is 41.5 Å². The van der Waals surface area contributed by atoms with Crippen LogP contribution in [0.25, 0.3) is 0 Å². The van der Waals surface area contributed by atoms with Gasteiger partial charge in [-0.15, -0.1) is 0 Å². The second-order valence-electron chi connectivity index (χ2n) is 4.41. The second-order valence-corrected chi connectivity index (χ2v) is 5.33. The summed E-state index contributed by atoms with van der Waals surface area (Å²) in [6.07, 6.45) is -0.180. The number of aliphatic hydroxyl groups excluding tert-OH is 1. The van der Waals surface area contributed by atoms with Crippen molar-refractivity contribution in [3.8, 4) is 11.8 Å². The highest BCUT2D eigenvalue weighted by molar-refractivity contribution is 9.10. The molecule has 3 nitrogen and oxygen atoms in total. The summed E-state index contributed by atoms with van der Waals surface area (Å²) in [5, 5.41) is 19.1. The quantitative estimate of drug-likeness (QED) is 0.931. The Morgan fingerprint density at radius 3 is 2.55 bits per heavy atom. The van der Waals surface area contributed by atoms with Crippen LogP contribution in [0.15, 0.2) is 46.9 Å². The van der Waals surface area contributed by atoms with E-state index < -0.39 is 6.10 Å². The normalized spacial score (nSPS) is 11.7. The first kappa shape index (κ1) is 14.6. The van der Waals surface area contributed by atoms with Gasteiger partial charge in [-0.25, -0.2) is 0 Å². The molecule has 0 saturated carbocycles. The minimum atomic E-state index is -0.633. The Hall–Kier alpha value is -1.83. The Morgan fingerprint density at radius 1 is 1.25 bits per heavy atom. The Morgan fingerprint density at radius 2 is 1.95 bits per heavy atom. The van der Waals surface area contributed by atoms with Crippen molar-refractivity contribution in [2.45, 2.75) is 12.5 Å². The molecule has 0 saturated heterocycles. The number of hydrogen-bond donors (Lipinski definition) is 1. The number of hydrogen-bond acceptors (Lipinski definition) is 3. The number of ether oxygens (including phenoxy) is 1. The van der Waals surface area contributed by atoms with Crippen LogP contribution in [0, 0.1) is 11.3 Å². The lowest BCUT2D eigenvalue weighted by Gasteiger charge is -2.14. The maximum absolute atomic E-state index is 10.3. The fourth-order valence-corrected chi connectivity index (χ4v) is 2.42. The van der Waals surface area contributed by atoms with E-state index in [2.05, 4.69) is 22.0 Å². The maximum Gasteiger partial charge on any atom is 0.122 e. The first-order chi connectivity index (χ1) is 9.63. The highest BCUT2D eigenvalue weighted by Gasteiger charge is 2.12. The Kier molecular flexibility index (Phi) is 4.78.